The highest BCUT2D eigenvalue weighted by Crippen LogP contribution is 2.38. The summed E-state index contributed by atoms with van der Waals surface area (Å²) in [7, 11) is 3.39. The standard InChI is InChI=1S/C19H16ClF2N5/c1-23-10-24-7-8-27(2)19-13-9-14(20)16(12-5-3-4-6-15(12)21)17(22)18(13)25-11-26-19/h3-6,9,11H,7-8H2,1-2H3. The second kappa shape index (κ2) is 8.20. The van der Waals surface area contributed by atoms with Crippen molar-refractivity contribution in [1.82, 2.24) is 9.97 Å². The maximum atomic E-state index is 15.2. The number of fused-ring (bicyclic) bond motifs is 1. The third-order valence-electron chi connectivity index (χ3n) is 4.02. The van der Waals surface area contributed by atoms with E-state index < -0.39 is 11.6 Å². The van der Waals surface area contributed by atoms with Crippen LogP contribution in [-0.2, 0) is 0 Å². The van der Waals surface area contributed by atoms with Gasteiger partial charge >= 0.3 is 0 Å². The predicted octanol–water partition coefficient (Wildman–Crippen LogP) is 4.47. The summed E-state index contributed by atoms with van der Waals surface area (Å²) in [6.07, 6.45) is 1.27. The van der Waals surface area contributed by atoms with E-state index in [0.717, 1.165) is 0 Å². The minimum absolute atomic E-state index is 0.0154. The van der Waals surface area contributed by atoms with Gasteiger partial charge < -0.3 is 4.90 Å². The normalized spacial score (nSPS) is 10.6. The maximum Gasteiger partial charge on any atom is 0.159 e. The lowest BCUT2D eigenvalue weighted by molar-refractivity contribution is 0.620. The number of hydrogen-bond donors (Lipinski definition) is 0. The van der Waals surface area contributed by atoms with E-state index in [9.17, 15) is 4.39 Å². The summed E-state index contributed by atoms with van der Waals surface area (Å²) < 4.78 is 29.3. The van der Waals surface area contributed by atoms with Crippen LogP contribution in [0.5, 0.6) is 0 Å². The van der Waals surface area contributed by atoms with Crippen molar-refractivity contribution in [2.24, 2.45) is 9.98 Å². The van der Waals surface area contributed by atoms with Gasteiger partial charge in [0.25, 0.3) is 0 Å². The fourth-order valence-corrected chi connectivity index (χ4v) is 3.05. The largest absolute Gasteiger partial charge is 0.357 e. The first kappa shape index (κ1) is 18.9. The summed E-state index contributed by atoms with van der Waals surface area (Å²) >= 11 is 6.32. The summed E-state index contributed by atoms with van der Waals surface area (Å²) in [5.41, 5.74) is 0.148. The summed E-state index contributed by atoms with van der Waals surface area (Å²) in [5.74, 6) is -0.736. The molecular weight excluding hydrogens is 372 g/mol. The third-order valence-corrected chi connectivity index (χ3v) is 4.32. The minimum atomic E-state index is -0.684. The van der Waals surface area contributed by atoms with E-state index in [2.05, 4.69) is 26.0 Å². The van der Waals surface area contributed by atoms with Crippen molar-refractivity contribution in [3.63, 3.8) is 0 Å². The molecule has 8 heteroatoms. The van der Waals surface area contributed by atoms with Gasteiger partial charge in [0.05, 0.1) is 17.6 Å². The molecule has 0 bridgehead atoms. The molecule has 138 valence electrons. The molecule has 0 aliphatic carbocycles. The summed E-state index contributed by atoms with van der Waals surface area (Å²) in [5, 5.41) is 0.529. The Kier molecular flexibility index (Phi) is 5.74. The molecule has 0 unspecified atom stereocenters. The Morgan fingerprint density at radius 3 is 2.74 bits per heavy atom. The van der Waals surface area contributed by atoms with Crippen LogP contribution in [0, 0.1) is 11.6 Å². The molecule has 27 heavy (non-hydrogen) atoms. The monoisotopic (exact) mass is 387 g/mol. The zero-order valence-corrected chi connectivity index (χ0v) is 15.5. The quantitative estimate of drug-likeness (QED) is 0.607. The Morgan fingerprint density at radius 2 is 2.00 bits per heavy atom. The first-order chi connectivity index (χ1) is 13.0. The zero-order chi connectivity index (χ0) is 19.4. The van der Waals surface area contributed by atoms with Crippen LogP contribution in [0.1, 0.15) is 0 Å². The second-order valence-electron chi connectivity index (χ2n) is 5.75. The molecule has 0 spiro atoms. The highest BCUT2D eigenvalue weighted by molar-refractivity contribution is 6.34. The maximum absolute atomic E-state index is 15.2. The van der Waals surface area contributed by atoms with E-state index in [-0.39, 0.29) is 21.7 Å². The molecule has 0 aliphatic rings. The van der Waals surface area contributed by atoms with Crippen LogP contribution in [0.4, 0.5) is 14.6 Å². The number of hydrogen-bond acceptors (Lipinski definition) is 5. The molecule has 0 radical (unpaired) electrons. The first-order valence-electron chi connectivity index (χ1n) is 8.13. The average molecular weight is 388 g/mol. The predicted molar refractivity (Wildman–Crippen MR) is 104 cm³/mol. The Bertz CT molecular complexity index is 1050. The second-order valence-corrected chi connectivity index (χ2v) is 6.15. The van der Waals surface area contributed by atoms with E-state index in [0.29, 0.717) is 24.3 Å². The number of aliphatic imine (C=N–C) groups is 2. The molecule has 0 aliphatic heterocycles. The van der Waals surface area contributed by atoms with Gasteiger partial charge in [-0.15, -0.1) is 0 Å². The fourth-order valence-electron chi connectivity index (χ4n) is 2.76. The first-order valence-corrected chi connectivity index (χ1v) is 8.51. The van der Waals surface area contributed by atoms with Crippen molar-refractivity contribution >= 4 is 34.3 Å². The summed E-state index contributed by atoms with van der Waals surface area (Å²) in [6.45, 7) is 0.964. The van der Waals surface area contributed by atoms with Gasteiger partial charge in [0.2, 0.25) is 0 Å². The summed E-state index contributed by atoms with van der Waals surface area (Å²) in [6, 6.07) is 9.97. The number of likely N-dealkylation sites (N-methyl/N-ethyl adjacent to an activating group) is 1. The van der Waals surface area contributed by atoms with Crippen molar-refractivity contribution in [3.8, 4) is 11.1 Å². The van der Waals surface area contributed by atoms with Gasteiger partial charge in [0, 0.05) is 37.2 Å². The molecule has 3 aromatic rings. The lowest BCUT2D eigenvalue weighted by Crippen LogP contribution is -2.22. The number of anilines is 1. The number of nitrogens with zero attached hydrogens (tertiary/aromatic N) is 5. The summed E-state index contributed by atoms with van der Waals surface area (Å²) in [4.78, 5) is 17.7. The molecule has 0 N–H and O–H groups in total. The number of rotatable bonds is 5. The van der Waals surface area contributed by atoms with Crippen molar-refractivity contribution in [3.05, 3.63) is 53.3 Å². The minimum Gasteiger partial charge on any atom is -0.357 e. The number of halogens is 3. The molecule has 0 atom stereocenters. The molecule has 1 aromatic heterocycles. The van der Waals surface area contributed by atoms with Crippen LogP contribution in [0.2, 0.25) is 5.02 Å². The van der Waals surface area contributed by atoms with Crippen LogP contribution in [-0.4, -0.2) is 43.2 Å². The lowest BCUT2D eigenvalue weighted by atomic mass is 10.0. The van der Waals surface area contributed by atoms with Gasteiger partial charge in [0.1, 0.15) is 23.5 Å². The topological polar surface area (TPSA) is 53.7 Å². The average Bonchev–Trinajstić information content (AvgIpc) is 2.66. The number of aromatic nitrogens is 2. The van der Waals surface area contributed by atoms with Crippen molar-refractivity contribution in [1.29, 1.82) is 0 Å². The van der Waals surface area contributed by atoms with E-state index in [1.165, 1.54) is 24.5 Å². The van der Waals surface area contributed by atoms with Gasteiger partial charge in [-0.2, -0.15) is 0 Å². The molecule has 3 rings (SSSR count). The molecule has 0 saturated carbocycles. The Balaban J connectivity index is 2.11. The van der Waals surface area contributed by atoms with Crippen molar-refractivity contribution in [2.45, 2.75) is 0 Å². The zero-order valence-electron chi connectivity index (χ0n) is 14.7. The van der Waals surface area contributed by atoms with Crippen molar-refractivity contribution < 1.29 is 8.78 Å². The van der Waals surface area contributed by atoms with Gasteiger partial charge in [-0.25, -0.2) is 28.7 Å². The van der Waals surface area contributed by atoms with Gasteiger partial charge in [-0.3, -0.25) is 0 Å². The van der Waals surface area contributed by atoms with Crippen molar-refractivity contribution in [2.75, 3.05) is 32.1 Å². The smallest absolute Gasteiger partial charge is 0.159 e. The Labute approximate surface area is 160 Å². The molecule has 2 aromatic carbocycles. The van der Waals surface area contributed by atoms with E-state index >= 15 is 4.39 Å². The van der Waals surface area contributed by atoms with E-state index in [4.69, 9.17) is 11.6 Å². The fraction of sp³-hybridized carbons (Fsp3) is 0.211. The van der Waals surface area contributed by atoms with Crippen LogP contribution in [0.25, 0.3) is 22.0 Å². The van der Waals surface area contributed by atoms with Gasteiger partial charge in [-0.05, 0) is 12.1 Å². The Morgan fingerprint density at radius 1 is 1.22 bits per heavy atom. The van der Waals surface area contributed by atoms with Crippen LogP contribution < -0.4 is 4.90 Å². The van der Waals surface area contributed by atoms with E-state index in [1.54, 1.807) is 26.2 Å². The van der Waals surface area contributed by atoms with Crippen LogP contribution in [0.3, 0.4) is 0 Å². The highest BCUT2D eigenvalue weighted by Gasteiger charge is 2.20. The van der Waals surface area contributed by atoms with Gasteiger partial charge in [-0.1, -0.05) is 29.8 Å². The Hall–Kier alpha value is -2.89. The van der Waals surface area contributed by atoms with Crippen LogP contribution in [0.15, 0.2) is 46.6 Å². The molecule has 1 heterocycles. The third kappa shape index (κ3) is 3.79. The lowest BCUT2D eigenvalue weighted by Gasteiger charge is -2.19. The SMILES string of the molecule is CN=C=NCCN(C)c1ncnc2c(F)c(-c3ccccc3F)c(Cl)cc12. The van der Waals surface area contributed by atoms with Gasteiger partial charge in [0.15, 0.2) is 5.82 Å². The van der Waals surface area contributed by atoms with E-state index in [1.807, 2.05) is 4.90 Å². The molecule has 0 fully saturated rings. The molecule has 0 saturated heterocycles. The molecule has 0 amide bonds. The molecule has 5 nitrogen and oxygen atoms in total. The molecular formula is C19H16ClF2N5. The highest BCUT2D eigenvalue weighted by atomic mass is 35.5. The number of benzene rings is 2. The van der Waals surface area contributed by atoms with Crippen LogP contribution >= 0.6 is 11.6 Å².